The van der Waals surface area contributed by atoms with Crippen LogP contribution in [0.4, 0.5) is 5.69 Å². The molecule has 2 aromatic carbocycles. The summed E-state index contributed by atoms with van der Waals surface area (Å²) in [5.74, 6) is -0.206. The van der Waals surface area contributed by atoms with Crippen molar-refractivity contribution in [1.29, 1.82) is 5.26 Å². The Morgan fingerprint density at radius 3 is 2.54 bits per heavy atom. The molecule has 0 radical (unpaired) electrons. The van der Waals surface area contributed by atoms with Crippen molar-refractivity contribution in [1.82, 2.24) is 9.78 Å². The van der Waals surface area contributed by atoms with Gasteiger partial charge in [-0.1, -0.05) is 30.3 Å². The van der Waals surface area contributed by atoms with Gasteiger partial charge in [0.2, 0.25) is 0 Å². The van der Waals surface area contributed by atoms with E-state index in [1.165, 1.54) is 0 Å². The number of carbonyl (C=O) groups excluding carboxylic acids is 1. The van der Waals surface area contributed by atoms with Gasteiger partial charge in [-0.2, -0.15) is 10.4 Å². The highest BCUT2D eigenvalue weighted by molar-refractivity contribution is 6.04. The number of nitrogens with zero attached hydrogens (tertiary/aromatic N) is 3. The minimum atomic E-state index is -0.206. The summed E-state index contributed by atoms with van der Waals surface area (Å²) in [5, 5.41) is 15.8. The number of nitrogens with one attached hydrogen (secondary N) is 1. The van der Waals surface area contributed by atoms with Crippen LogP contribution in [-0.4, -0.2) is 15.7 Å². The van der Waals surface area contributed by atoms with Gasteiger partial charge in [-0.25, -0.2) is 4.68 Å². The lowest BCUT2D eigenvalue weighted by Gasteiger charge is -2.07. The Morgan fingerprint density at radius 2 is 1.88 bits per heavy atom. The average molecular weight is 316 g/mol. The average Bonchev–Trinajstić information content (AvgIpc) is 2.99. The molecular weight excluding hydrogens is 300 g/mol. The summed E-state index contributed by atoms with van der Waals surface area (Å²) >= 11 is 0. The fourth-order valence-electron chi connectivity index (χ4n) is 2.46. The lowest BCUT2D eigenvalue weighted by molar-refractivity contribution is 0.102. The summed E-state index contributed by atoms with van der Waals surface area (Å²) in [6.07, 6.45) is 1.93. The number of anilines is 1. The van der Waals surface area contributed by atoms with Crippen molar-refractivity contribution < 1.29 is 4.79 Å². The first-order chi connectivity index (χ1) is 11.7. The van der Waals surface area contributed by atoms with E-state index in [-0.39, 0.29) is 5.91 Å². The number of hydrogen-bond acceptors (Lipinski definition) is 3. The molecule has 118 valence electrons. The van der Waals surface area contributed by atoms with E-state index in [0.717, 1.165) is 16.9 Å². The molecule has 0 fully saturated rings. The maximum Gasteiger partial charge on any atom is 0.259 e. The van der Waals surface area contributed by atoms with Crippen LogP contribution in [0.25, 0.3) is 5.69 Å². The SMILES string of the molecule is Cc1c(C(=O)Nc2ccc(CC#N)cc2)cnn1-c1ccccc1. The van der Waals surface area contributed by atoms with Gasteiger partial charge in [0.25, 0.3) is 5.91 Å². The van der Waals surface area contributed by atoms with E-state index in [0.29, 0.717) is 17.7 Å². The van der Waals surface area contributed by atoms with Crippen LogP contribution in [0, 0.1) is 18.3 Å². The van der Waals surface area contributed by atoms with Crippen molar-refractivity contribution in [2.24, 2.45) is 0 Å². The van der Waals surface area contributed by atoms with Crippen LogP contribution in [0.1, 0.15) is 21.6 Å². The Morgan fingerprint density at radius 1 is 1.17 bits per heavy atom. The molecule has 0 aliphatic rings. The van der Waals surface area contributed by atoms with E-state index in [9.17, 15) is 4.79 Å². The van der Waals surface area contributed by atoms with Crippen molar-refractivity contribution in [2.75, 3.05) is 5.32 Å². The van der Waals surface area contributed by atoms with Gasteiger partial charge in [0.1, 0.15) is 0 Å². The number of benzene rings is 2. The first-order valence-electron chi connectivity index (χ1n) is 7.56. The van der Waals surface area contributed by atoms with Gasteiger partial charge in [-0.05, 0) is 36.8 Å². The van der Waals surface area contributed by atoms with Gasteiger partial charge in [0.05, 0.1) is 35.6 Å². The first-order valence-corrected chi connectivity index (χ1v) is 7.56. The summed E-state index contributed by atoms with van der Waals surface area (Å²) in [5.41, 5.74) is 3.83. The van der Waals surface area contributed by atoms with Gasteiger partial charge in [0.15, 0.2) is 0 Å². The molecule has 0 atom stereocenters. The summed E-state index contributed by atoms with van der Waals surface area (Å²) in [7, 11) is 0. The zero-order chi connectivity index (χ0) is 16.9. The zero-order valence-corrected chi connectivity index (χ0v) is 13.2. The molecule has 1 N–H and O–H groups in total. The lowest BCUT2D eigenvalue weighted by Crippen LogP contribution is -2.13. The van der Waals surface area contributed by atoms with Gasteiger partial charge >= 0.3 is 0 Å². The topological polar surface area (TPSA) is 70.7 Å². The molecule has 5 heteroatoms. The highest BCUT2D eigenvalue weighted by atomic mass is 16.1. The van der Waals surface area contributed by atoms with Crippen LogP contribution in [-0.2, 0) is 6.42 Å². The van der Waals surface area contributed by atoms with Gasteiger partial charge in [-0.3, -0.25) is 4.79 Å². The molecule has 0 spiro atoms. The summed E-state index contributed by atoms with van der Waals surface area (Å²) in [6, 6.07) is 19.0. The summed E-state index contributed by atoms with van der Waals surface area (Å²) < 4.78 is 1.74. The predicted molar refractivity (Wildman–Crippen MR) is 92.0 cm³/mol. The molecule has 5 nitrogen and oxygen atoms in total. The van der Waals surface area contributed by atoms with E-state index in [2.05, 4.69) is 16.5 Å². The smallest absolute Gasteiger partial charge is 0.259 e. The Labute approximate surface area is 140 Å². The van der Waals surface area contributed by atoms with Crippen LogP contribution < -0.4 is 5.32 Å². The van der Waals surface area contributed by atoms with E-state index in [1.54, 1.807) is 23.0 Å². The van der Waals surface area contributed by atoms with Crippen molar-refractivity contribution in [3.05, 3.63) is 77.6 Å². The van der Waals surface area contributed by atoms with Gasteiger partial charge < -0.3 is 5.32 Å². The molecule has 24 heavy (non-hydrogen) atoms. The normalized spacial score (nSPS) is 10.2. The second-order valence-corrected chi connectivity index (χ2v) is 5.38. The van der Waals surface area contributed by atoms with Gasteiger partial charge in [-0.15, -0.1) is 0 Å². The zero-order valence-electron chi connectivity index (χ0n) is 13.2. The molecule has 1 heterocycles. The van der Waals surface area contributed by atoms with E-state index < -0.39 is 0 Å². The first kappa shape index (κ1) is 15.5. The van der Waals surface area contributed by atoms with Crippen LogP contribution in [0.15, 0.2) is 60.8 Å². The number of carbonyl (C=O) groups is 1. The van der Waals surface area contributed by atoms with Crippen LogP contribution in [0.3, 0.4) is 0 Å². The third kappa shape index (κ3) is 3.18. The predicted octanol–water partition coefficient (Wildman–Crippen LogP) is 3.50. The minimum Gasteiger partial charge on any atom is -0.322 e. The highest BCUT2D eigenvalue weighted by Crippen LogP contribution is 2.16. The van der Waals surface area contributed by atoms with Crippen LogP contribution in [0.2, 0.25) is 0 Å². The van der Waals surface area contributed by atoms with E-state index >= 15 is 0 Å². The molecule has 3 rings (SSSR count). The lowest BCUT2D eigenvalue weighted by atomic mass is 10.1. The Bertz CT molecular complexity index is 889. The van der Waals surface area contributed by atoms with E-state index in [1.807, 2.05) is 49.4 Å². The largest absolute Gasteiger partial charge is 0.322 e. The Hall–Kier alpha value is -3.39. The molecule has 0 saturated carbocycles. The number of para-hydroxylation sites is 1. The highest BCUT2D eigenvalue weighted by Gasteiger charge is 2.15. The number of hydrogen-bond donors (Lipinski definition) is 1. The molecule has 0 bridgehead atoms. The van der Waals surface area contributed by atoms with Crippen LogP contribution >= 0.6 is 0 Å². The molecule has 0 aliphatic carbocycles. The number of amides is 1. The van der Waals surface area contributed by atoms with Gasteiger partial charge in [0, 0.05) is 5.69 Å². The summed E-state index contributed by atoms with van der Waals surface area (Å²) in [4.78, 5) is 12.5. The Kier molecular flexibility index (Phi) is 4.39. The monoisotopic (exact) mass is 316 g/mol. The second kappa shape index (κ2) is 6.80. The molecule has 0 unspecified atom stereocenters. The maximum atomic E-state index is 12.5. The van der Waals surface area contributed by atoms with Crippen molar-refractivity contribution in [2.45, 2.75) is 13.3 Å². The minimum absolute atomic E-state index is 0.206. The maximum absolute atomic E-state index is 12.5. The quantitative estimate of drug-likeness (QED) is 0.801. The van der Waals surface area contributed by atoms with Crippen molar-refractivity contribution in [3.63, 3.8) is 0 Å². The molecule has 0 saturated heterocycles. The number of nitriles is 1. The standard InChI is InChI=1S/C19H16N4O/c1-14-18(13-21-23(14)17-5-3-2-4-6-17)19(24)22-16-9-7-15(8-10-16)11-12-20/h2-10,13H,11H2,1H3,(H,22,24). The molecule has 3 aromatic rings. The van der Waals surface area contributed by atoms with Crippen LogP contribution in [0.5, 0.6) is 0 Å². The molecule has 0 aliphatic heterocycles. The van der Waals surface area contributed by atoms with Crippen molar-refractivity contribution in [3.8, 4) is 11.8 Å². The van der Waals surface area contributed by atoms with E-state index in [4.69, 9.17) is 5.26 Å². The molecule has 1 amide bonds. The molecule has 1 aromatic heterocycles. The third-order valence-corrected chi connectivity index (χ3v) is 3.75. The second-order valence-electron chi connectivity index (χ2n) is 5.38. The van der Waals surface area contributed by atoms with Crippen molar-refractivity contribution >= 4 is 11.6 Å². The number of aromatic nitrogens is 2. The summed E-state index contributed by atoms with van der Waals surface area (Å²) in [6.45, 7) is 1.87. The number of rotatable bonds is 4. The molecular formula is C19H16N4O. The fourth-order valence-corrected chi connectivity index (χ4v) is 2.46. The Balaban J connectivity index is 1.79. The fraction of sp³-hybridized carbons (Fsp3) is 0.105. The third-order valence-electron chi connectivity index (χ3n) is 3.75.